The van der Waals surface area contributed by atoms with Crippen molar-refractivity contribution in [2.75, 3.05) is 0 Å². The molecule has 13 heavy (non-hydrogen) atoms. The van der Waals surface area contributed by atoms with Crippen molar-refractivity contribution >= 4 is 0 Å². The maximum absolute atomic E-state index is 6.33. The van der Waals surface area contributed by atoms with E-state index >= 15 is 0 Å². The second-order valence-electron chi connectivity index (χ2n) is 5.35. The van der Waals surface area contributed by atoms with Crippen LogP contribution in [-0.4, -0.2) is 5.54 Å². The molecule has 0 bridgehead atoms. The average molecular weight is 179 g/mol. The molecule has 0 aromatic carbocycles. The van der Waals surface area contributed by atoms with E-state index in [0.717, 1.165) is 6.42 Å². The number of hydrogen-bond donors (Lipinski definition) is 1. The van der Waals surface area contributed by atoms with Crippen molar-refractivity contribution in [3.63, 3.8) is 0 Å². The van der Waals surface area contributed by atoms with E-state index in [-0.39, 0.29) is 5.54 Å². The minimum Gasteiger partial charge on any atom is -0.325 e. The molecule has 0 aliphatic heterocycles. The Morgan fingerprint density at radius 3 is 2.85 bits per heavy atom. The Bertz CT molecular complexity index is 246. The number of hydrogen-bond acceptors (Lipinski definition) is 1. The van der Waals surface area contributed by atoms with Crippen LogP contribution in [0.1, 0.15) is 46.0 Å². The molecule has 3 unspecified atom stereocenters. The molecule has 1 heteroatoms. The molecular formula is C12H21N. The van der Waals surface area contributed by atoms with Crippen LogP contribution in [0.2, 0.25) is 0 Å². The summed E-state index contributed by atoms with van der Waals surface area (Å²) in [6.07, 6.45) is 6.19. The maximum atomic E-state index is 6.33. The topological polar surface area (TPSA) is 26.0 Å². The minimum atomic E-state index is 0.175. The summed E-state index contributed by atoms with van der Waals surface area (Å²) >= 11 is 0. The molecule has 2 rings (SSSR count). The van der Waals surface area contributed by atoms with Gasteiger partial charge in [0.1, 0.15) is 0 Å². The van der Waals surface area contributed by atoms with Crippen LogP contribution >= 0.6 is 0 Å². The Hall–Kier alpha value is -0.300. The molecule has 2 fully saturated rings. The zero-order valence-corrected chi connectivity index (χ0v) is 8.90. The summed E-state index contributed by atoms with van der Waals surface area (Å²) in [7, 11) is 0. The summed E-state index contributed by atoms with van der Waals surface area (Å²) < 4.78 is 0. The summed E-state index contributed by atoms with van der Waals surface area (Å²) in [6.45, 7) is 8.69. The molecule has 2 saturated carbocycles. The first-order chi connectivity index (χ1) is 6.01. The highest BCUT2D eigenvalue weighted by Gasteiger charge is 2.63. The van der Waals surface area contributed by atoms with Gasteiger partial charge >= 0.3 is 0 Å². The van der Waals surface area contributed by atoms with Crippen molar-refractivity contribution < 1.29 is 0 Å². The quantitative estimate of drug-likeness (QED) is 0.648. The van der Waals surface area contributed by atoms with Crippen LogP contribution in [0.4, 0.5) is 0 Å². The van der Waals surface area contributed by atoms with Crippen LogP contribution < -0.4 is 5.73 Å². The molecule has 0 spiro atoms. The van der Waals surface area contributed by atoms with E-state index in [1.54, 1.807) is 0 Å². The largest absolute Gasteiger partial charge is 0.325 e. The van der Waals surface area contributed by atoms with Crippen LogP contribution in [0.15, 0.2) is 12.2 Å². The second kappa shape index (κ2) is 2.60. The normalized spacial score (nSPS) is 48.4. The van der Waals surface area contributed by atoms with E-state index in [9.17, 15) is 0 Å². The average Bonchev–Trinajstić information content (AvgIpc) is 2.66. The highest BCUT2D eigenvalue weighted by atomic mass is 14.9. The van der Waals surface area contributed by atoms with Gasteiger partial charge in [-0.1, -0.05) is 26.0 Å². The van der Waals surface area contributed by atoms with Gasteiger partial charge in [0.15, 0.2) is 0 Å². The van der Waals surface area contributed by atoms with Gasteiger partial charge in [0.05, 0.1) is 0 Å². The second-order valence-corrected chi connectivity index (χ2v) is 5.35. The number of allylic oxidation sites excluding steroid dienone is 1. The van der Waals surface area contributed by atoms with Crippen LogP contribution in [-0.2, 0) is 0 Å². The highest BCUT2D eigenvalue weighted by molar-refractivity contribution is 5.23. The predicted molar refractivity (Wildman–Crippen MR) is 56.4 cm³/mol. The Labute approximate surface area is 81.4 Å². The van der Waals surface area contributed by atoms with Crippen molar-refractivity contribution in [3.05, 3.63) is 12.2 Å². The summed E-state index contributed by atoms with van der Waals surface area (Å²) in [5.41, 5.74) is 8.40. The van der Waals surface area contributed by atoms with Gasteiger partial charge in [0.2, 0.25) is 0 Å². The molecule has 0 radical (unpaired) electrons. The fraction of sp³-hybridized carbons (Fsp3) is 0.833. The van der Waals surface area contributed by atoms with Gasteiger partial charge in [-0.3, -0.25) is 0 Å². The van der Waals surface area contributed by atoms with Crippen molar-refractivity contribution in [3.8, 4) is 0 Å². The third kappa shape index (κ3) is 1.25. The first-order valence-electron chi connectivity index (χ1n) is 5.47. The van der Waals surface area contributed by atoms with Gasteiger partial charge in [-0.05, 0) is 43.4 Å². The number of rotatable bonds is 2. The standard InChI is InChI=1S/C12H21N/c1-4-9(2)10-5-6-11(3)8-12(11,13)7-10/h10H,2,4-8,13H2,1,3H3. The zero-order valence-electron chi connectivity index (χ0n) is 8.90. The van der Waals surface area contributed by atoms with Gasteiger partial charge in [0, 0.05) is 5.54 Å². The fourth-order valence-electron chi connectivity index (χ4n) is 2.98. The lowest BCUT2D eigenvalue weighted by molar-refractivity contribution is 0.274. The molecule has 2 N–H and O–H groups in total. The first kappa shape index (κ1) is 9.26. The van der Waals surface area contributed by atoms with E-state index in [1.165, 1.54) is 31.3 Å². The molecule has 1 nitrogen and oxygen atoms in total. The van der Waals surface area contributed by atoms with E-state index in [4.69, 9.17) is 5.73 Å². The molecule has 0 heterocycles. The molecular weight excluding hydrogens is 158 g/mol. The van der Waals surface area contributed by atoms with Crippen LogP contribution in [0.5, 0.6) is 0 Å². The molecule has 2 aliphatic rings. The van der Waals surface area contributed by atoms with Gasteiger partial charge in [0.25, 0.3) is 0 Å². The smallest absolute Gasteiger partial charge is 0.0221 e. The Morgan fingerprint density at radius 1 is 1.62 bits per heavy atom. The SMILES string of the molecule is C=C(CC)C1CCC2(C)CC2(N)C1. The van der Waals surface area contributed by atoms with Crippen LogP contribution in [0.25, 0.3) is 0 Å². The van der Waals surface area contributed by atoms with E-state index in [2.05, 4.69) is 20.4 Å². The van der Waals surface area contributed by atoms with E-state index < -0.39 is 0 Å². The fourth-order valence-corrected chi connectivity index (χ4v) is 2.98. The number of fused-ring (bicyclic) bond motifs is 1. The lowest BCUT2D eigenvalue weighted by Crippen LogP contribution is -2.36. The summed E-state index contributed by atoms with van der Waals surface area (Å²) in [4.78, 5) is 0. The molecule has 0 saturated heterocycles. The van der Waals surface area contributed by atoms with Gasteiger partial charge in [-0.25, -0.2) is 0 Å². The van der Waals surface area contributed by atoms with Crippen LogP contribution in [0, 0.1) is 11.3 Å². The lowest BCUT2D eigenvalue weighted by Gasteiger charge is -2.32. The molecule has 0 amide bonds. The summed E-state index contributed by atoms with van der Waals surface area (Å²) in [5, 5.41) is 0. The summed E-state index contributed by atoms with van der Waals surface area (Å²) in [6, 6.07) is 0. The van der Waals surface area contributed by atoms with Gasteiger partial charge < -0.3 is 5.73 Å². The van der Waals surface area contributed by atoms with Crippen LogP contribution in [0.3, 0.4) is 0 Å². The van der Waals surface area contributed by atoms with E-state index in [0.29, 0.717) is 11.3 Å². The molecule has 0 aromatic heterocycles. The zero-order chi connectivity index (χ0) is 9.69. The lowest BCUT2D eigenvalue weighted by atomic mass is 9.76. The molecule has 74 valence electrons. The Balaban J connectivity index is 2.03. The van der Waals surface area contributed by atoms with Crippen molar-refractivity contribution in [2.45, 2.75) is 51.5 Å². The van der Waals surface area contributed by atoms with Crippen molar-refractivity contribution in [2.24, 2.45) is 17.1 Å². The third-order valence-electron chi connectivity index (χ3n) is 4.47. The first-order valence-corrected chi connectivity index (χ1v) is 5.47. The van der Waals surface area contributed by atoms with Gasteiger partial charge in [-0.2, -0.15) is 0 Å². The third-order valence-corrected chi connectivity index (χ3v) is 4.47. The number of nitrogens with two attached hydrogens (primary N) is 1. The predicted octanol–water partition coefficient (Wildman–Crippen LogP) is 2.86. The monoisotopic (exact) mass is 179 g/mol. The van der Waals surface area contributed by atoms with Crippen molar-refractivity contribution in [1.82, 2.24) is 0 Å². The Kier molecular flexibility index (Phi) is 1.85. The molecule has 2 aliphatic carbocycles. The van der Waals surface area contributed by atoms with Crippen molar-refractivity contribution in [1.29, 1.82) is 0 Å². The highest BCUT2D eigenvalue weighted by Crippen LogP contribution is 2.64. The Morgan fingerprint density at radius 2 is 2.31 bits per heavy atom. The molecule has 3 atom stereocenters. The molecule has 0 aromatic rings. The summed E-state index contributed by atoms with van der Waals surface area (Å²) in [5.74, 6) is 0.713. The minimum absolute atomic E-state index is 0.175. The van der Waals surface area contributed by atoms with Gasteiger partial charge in [-0.15, -0.1) is 0 Å². The van der Waals surface area contributed by atoms with E-state index in [1.807, 2.05) is 0 Å². The maximum Gasteiger partial charge on any atom is 0.0221 e.